The summed E-state index contributed by atoms with van der Waals surface area (Å²) in [5.41, 5.74) is 4.02. The molecule has 1 aromatic rings. The molecule has 2 fully saturated rings. The first-order valence-electron chi connectivity index (χ1n) is 11.2. The number of nitrogens with zero attached hydrogens (tertiary/aromatic N) is 2. The zero-order valence-electron chi connectivity index (χ0n) is 18.0. The van der Waals surface area contributed by atoms with Crippen molar-refractivity contribution in [1.29, 1.82) is 0 Å². The van der Waals surface area contributed by atoms with Crippen molar-refractivity contribution >= 4 is 11.5 Å². The van der Waals surface area contributed by atoms with E-state index in [1.165, 1.54) is 30.5 Å². The smallest absolute Gasteiger partial charge is 0.254 e. The van der Waals surface area contributed by atoms with Gasteiger partial charge in [-0.15, -0.1) is 0 Å². The monoisotopic (exact) mass is 380 g/mol. The first-order chi connectivity index (χ1) is 13.4. The van der Waals surface area contributed by atoms with Crippen LogP contribution in [0.3, 0.4) is 0 Å². The zero-order chi connectivity index (χ0) is 19.8. The van der Waals surface area contributed by atoms with Crippen LogP contribution in [0.5, 0.6) is 0 Å². The van der Waals surface area contributed by atoms with Crippen LogP contribution in [-0.2, 0) is 10.2 Å². The number of rotatable bonds is 3. The average Bonchev–Trinajstić information content (AvgIpc) is 3.02. The lowest BCUT2D eigenvalue weighted by atomic mass is 9.74. The molecule has 3 aliphatic rings. The molecular formula is C25H36N2O. The van der Waals surface area contributed by atoms with Gasteiger partial charge in [0.2, 0.25) is 0 Å². The van der Waals surface area contributed by atoms with Gasteiger partial charge >= 0.3 is 0 Å². The number of amides is 1. The van der Waals surface area contributed by atoms with Crippen LogP contribution in [0.1, 0.15) is 70.4 Å². The van der Waals surface area contributed by atoms with Crippen LogP contribution >= 0.6 is 0 Å². The average molecular weight is 381 g/mol. The van der Waals surface area contributed by atoms with E-state index in [4.69, 9.17) is 0 Å². The number of benzene rings is 1. The number of allylic oxidation sites excluding steroid dienone is 1. The molecule has 0 unspecified atom stereocenters. The summed E-state index contributed by atoms with van der Waals surface area (Å²) in [6.45, 7) is 12.3. The predicted octanol–water partition coefficient (Wildman–Crippen LogP) is 4.87. The van der Waals surface area contributed by atoms with Gasteiger partial charge in [-0.05, 0) is 74.7 Å². The Hall–Kier alpha value is -1.61. The molecule has 152 valence electrons. The summed E-state index contributed by atoms with van der Waals surface area (Å²) in [7, 11) is 0. The van der Waals surface area contributed by atoms with E-state index in [1.54, 1.807) is 0 Å². The van der Waals surface area contributed by atoms with Gasteiger partial charge < -0.3 is 9.80 Å². The molecule has 3 nitrogen and oxygen atoms in total. The van der Waals surface area contributed by atoms with E-state index in [2.05, 4.69) is 60.9 Å². The summed E-state index contributed by atoms with van der Waals surface area (Å²) in [4.78, 5) is 18.0. The molecule has 28 heavy (non-hydrogen) atoms. The Morgan fingerprint density at radius 3 is 2.36 bits per heavy atom. The molecule has 2 aliphatic heterocycles. The van der Waals surface area contributed by atoms with E-state index in [0.29, 0.717) is 5.41 Å². The van der Waals surface area contributed by atoms with Gasteiger partial charge in [-0.2, -0.15) is 0 Å². The SMILES string of the molecule is CC(C)(C)CCN1CCC2(C=C(C(=O)N3CCCCC3)c3ccccc32)CC1. The number of carbonyl (C=O) groups is 1. The maximum atomic E-state index is 13.3. The lowest BCUT2D eigenvalue weighted by Gasteiger charge is -2.40. The summed E-state index contributed by atoms with van der Waals surface area (Å²) in [6, 6.07) is 8.68. The van der Waals surface area contributed by atoms with Gasteiger partial charge in [0.15, 0.2) is 0 Å². The Labute approximate surface area is 170 Å². The van der Waals surface area contributed by atoms with Crippen molar-refractivity contribution in [2.24, 2.45) is 5.41 Å². The van der Waals surface area contributed by atoms with E-state index < -0.39 is 0 Å². The minimum Gasteiger partial charge on any atom is -0.339 e. The zero-order valence-corrected chi connectivity index (χ0v) is 18.0. The fraction of sp³-hybridized carbons (Fsp3) is 0.640. The van der Waals surface area contributed by atoms with E-state index >= 15 is 0 Å². The highest BCUT2D eigenvalue weighted by Crippen LogP contribution is 2.47. The second-order valence-corrected chi connectivity index (χ2v) is 10.3. The van der Waals surface area contributed by atoms with Crippen LogP contribution in [0.4, 0.5) is 0 Å². The van der Waals surface area contributed by atoms with Crippen LogP contribution in [0.15, 0.2) is 30.3 Å². The van der Waals surface area contributed by atoms with Crippen molar-refractivity contribution in [3.63, 3.8) is 0 Å². The Morgan fingerprint density at radius 2 is 1.68 bits per heavy atom. The van der Waals surface area contributed by atoms with Gasteiger partial charge in [-0.3, -0.25) is 4.79 Å². The van der Waals surface area contributed by atoms with Crippen molar-refractivity contribution < 1.29 is 4.79 Å². The standard InChI is InChI=1S/C25H36N2O/c1-24(2,3)11-16-26-17-12-25(13-18-26)19-21(20-9-5-6-10-22(20)25)23(28)27-14-7-4-8-15-27/h5-6,9-10,19H,4,7-8,11-18H2,1-3H3. The van der Waals surface area contributed by atoms with Crippen molar-refractivity contribution in [3.8, 4) is 0 Å². The lowest BCUT2D eigenvalue weighted by Crippen LogP contribution is -2.42. The second-order valence-electron chi connectivity index (χ2n) is 10.3. The molecule has 1 amide bonds. The Kier molecular flexibility index (Phi) is 5.39. The second kappa shape index (κ2) is 7.67. The van der Waals surface area contributed by atoms with Gasteiger partial charge in [0.05, 0.1) is 0 Å². The summed E-state index contributed by atoms with van der Waals surface area (Å²) in [5, 5.41) is 0. The van der Waals surface area contributed by atoms with Crippen molar-refractivity contribution in [2.75, 3.05) is 32.7 Å². The molecule has 0 aromatic heterocycles. The molecule has 0 saturated carbocycles. The lowest BCUT2D eigenvalue weighted by molar-refractivity contribution is -0.125. The number of fused-ring (bicyclic) bond motifs is 2. The van der Waals surface area contributed by atoms with Crippen LogP contribution < -0.4 is 0 Å². The number of likely N-dealkylation sites (tertiary alicyclic amines) is 2. The molecule has 1 aromatic carbocycles. The summed E-state index contributed by atoms with van der Waals surface area (Å²) < 4.78 is 0. The normalized spacial score (nSPS) is 22.2. The minimum absolute atomic E-state index is 0.0651. The number of carbonyl (C=O) groups excluding carboxylic acids is 1. The van der Waals surface area contributed by atoms with Crippen LogP contribution in [0.25, 0.3) is 5.57 Å². The molecule has 0 radical (unpaired) electrons. The van der Waals surface area contributed by atoms with Crippen LogP contribution in [0.2, 0.25) is 0 Å². The molecule has 0 atom stereocenters. The van der Waals surface area contributed by atoms with Crippen molar-refractivity contribution in [2.45, 2.75) is 64.7 Å². The van der Waals surface area contributed by atoms with Gasteiger partial charge in [-0.25, -0.2) is 0 Å². The van der Waals surface area contributed by atoms with Gasteiger partial charge in [0.25, 0.3) is 5.91 Å². The van der Waals surface area contributed by atoms with Gasteiger partial charge in [-0.1, -0.05) is 51.1 Å². The topological polar surface area (TPSA) is 23.6 Å². The molecule has 0 bridgehead atoms. The number of piperidine rings is 2. The maximum absolute atomic E-state index is 13.3. The maximum Gasteiger partial charge on any atom is 0.254 e. The molecule has 1 aliphatic carbocycles. The third-order valence-electron chi connectivity index (χ3n) is 6.97. The first-order valence-corrected chi connectivity index (χ1v) is 11.2. The Morgan fingerprint density at radius 1 is 1.00 bits per heavy atom. The number of hydrogen-bond donors (Lipinski definition) is 0. The molecule has 4 rings (SSSR count). The van der Waals surface area contributed by atoms with Crippen molar-refractivity contribution in [3.05, 3.63) is 41.5 Å². The third kappa shape index (κ3) is 3.91. The minimum atomic E-state index is 0.0651. The fourth-order valence-corrected chi connectivity index (χ4v) is 5.11. The largest absolute Gasteiger partial charge is 0.339 e. The highest BCUT2D eigenvalue weighted by molar-refractivity contribution is 6.21. The predicted molar refractivity (Wildman–Crippen MR) is 116 cm³/mol. The molecule has 2 heterocycles. The molecular weight excluding hydrogens is 344 g/mol. The Bertz CT molecular complexity index is 744. The first kappa shape index (κ1) is 19.7. The van der Waals surface area contributed by atoms with E-state index in [9.17, 15) is 4.79 Å². The highest BCUT2D eigenvalue weighted by Gasteiger charge is 2.42. The summed E-state index contributed by atoms with van der Waals surface area (Å²) >= 11 is 0. The molecule has 1 spiro atoms. The van der Waals surface area contributed by atoms with E-state index in [0.717, 1.165) is 57.4 Å². The van der Waals surface area contributed by atoms with E-state index in [-0.39, 0.29) is 11.3 Å². The molecule has 3 heteroatoms. The quantitative estimate of drug-likeness (QED) is 0.747. The molecule has 0 N–H and O–H groups in total. The van der Waals surface area contributed by atoms with E-state index in [1.807, 2.05) is 0 Å². The van der Waals surface area contributed by atoms with Crippen LogP contribution in [-0.4, -0.2) is 48.4 Å². The Balaban J connectivity index is 1.53. The highest BCUT2D eigenvalue weighted by atomic mass is 16.2. The fourth-order valence-electron chi connectivity index (χ4n) is 5.11. The number of hydrogen-bond acceptors (Lipinski definition) is 2. The molecule has 2 saturated heterocycles. The van der Waals surface area contributed by atoms with Crippen molar-refractivity contribution in [1.82, 2.24) is 9.80 Å². The summed E-state index contributed by atoms with van der Waals surface area (Å²) in [6.07, 6.45) is 9.41. The van der Waals surface area contributed by atoms with Crippen LogP contribution in [0, 0.1) is 5.41 Å². The van der Waals surface area contributed by atoms with Gasteiger partial charge in [0, 0.05) is 24.1 Å². The van der Waals surface area contributed by atoms with Gasteiger partial charge in [0.1, 0.15) is 0 Å². The summed E-state index contributed by atoms with van der Waals surface area (Å²) in [5.74, 6) is 0.263. The third-order valence-corrected chi connectivity index (χ3v) is 6.97.